The summed E-state index contributed by atoms with van der Waals surface area (Å²) in [4.78, 5) is 13.1. The Kier molecular flexibility index (Phi) is 5.82. The number of nitrogens with one attached hydrogen (secondary N) is 1. The fraction of sp³-hybridized carbons (Fsp3) is 0.923. The number of nitrogens with zero attached hydrogens (tertiary/aromatic N) is 1. The van der Waals surface area contributed by atoms with E-state index in [-0.39, 0.29) is 12.5 Å². The molecule has 1 rings (SSSR count). The molecule has 0 spiro atoms. The number of hydrogen-bond acceptors (Lipinski definition) is 3. The molecule has 7 heteroatoms. The molecule has 0 radical (unpaired) electrons. The largest absolute Gasteiger partial charge is 0.401 e. The van der Waals surface area contributed by atoms with Crippen LogP contribution in [0.3, 0.4) is 0 Å². The van der Waals surface area contributed by atoms with Gasteiger partial charge in [0.1, 0.15) is 5.54 Å². The predicted octanol–water partition coefficient (Wildman–Crippen LogP) is 1.50. The van der Waals surface area contributed by atoms with E-state index in [0.717, 1.165) is 12.8 Å². The minimum Gasteiger partial charge on any atom is -0.368 e. The monoisotopic (exact) mass is 295 g/mol. The normalized spacial score (nSPS) is 19.1. The van der Waals surface area contributed by atoms with E-state index < -0.39 is 24.2 Å². The standard InChI is InChI=1S/C13H24F3N3O/c1-3-7-19(9-13(14,15)16)8-12(11(17)20,18-4-2)10-5-6-10/h10,18H,3-9H2,1-2H3,(H2,17,20). The van der Waals surface area contributed by atoms with Crippen molar-refractivity contribution < 1.29 is 18.0 Å². The fourth-order valence-corrected chi connectivity index (χ4v) is 2.72. The van der Waals surface area contributed by atoms with Gasteiger partial charge in [0.2, 0.25) is 5.91 Å². The highest BCUT2D eigenvalue weighted by atomic mass is 19.4. The second-order valence-electron chi connectivity index (χ2n) is 5.47. The number of halogens is 3. The third kappa shape index (κ3) is 4.63. The van der Waals surface area contributed by atoms with Gasteiger partial charge in [-0.3, -0.25) is 9.69 Å². The van der Waals surface area contributed by atoms with Crippen molar-refractivity contribution in [3.63, 3.8) is 0 Å². The molecule has 4 nitrogen and oxygen atoms in total. The molecule has 1 amide bonds. The minimum atomic E-state index is -4.27. The number of carbonyl (C=O) groups is 1. The smallest absolute Gasteiger partial charge is 0.368 e. The van der Waals surface area contributed by atoms with Crippen molar-refractivity contribution >= 4 is 5.91 Å². The van der Waals surface area contributed by atoms with E-state index in [1.807, 2.05) is 13.8 Å². The molecule has 0 aromatic rings. The number of primary amides is 1. The van der Waals surface area contributed by atoms with Crippen LogP contribution in [0, 0.1) is 5.92 Å². The molecule has 0 aromatic heterocycles. The molecule has 20 heavy (non-hydrogen) atoms. The summed E-state index contributed by atoms with van der Waals surface area (Å²) < 4.78 is 37.9. The Morgan fingerprint density at radius 1 is 1.30 bits per heavy atom. The summed E-state index contributed by atoms with van der Waals surface area (Å²) in [6.07, 6.45) is -2.00. The lowest BCUT2D eigenvalue weighted by molar-refractivity contribution is -0.151. The maximum Gasteiger partial charge on any atom is 0.401 e. The van der Waals surface area contributed by atoms with Crippen LogP contribution >= 0.6 is 0 Å². The molecule has 1 fully saturated rings. The average molecular weight is 295 g/mol. The number of alkyl halides is 3. The number of likely N-dealkylation sites (N-methyl/N-ethyl adjacent to an activating group) is 1. The third-order valence-electron chi connectivity index (χ3n) is 3.62. The minimum absolute atomic E-state index is 0.0220. The molecule has 1 unspecified atom stereocenters. The van der Waals surface area contributed by atoms with Crippen molar-refractivity contribution in [2.24, 2.45) is 11.7 Å². The summed E-state index contributed by atoms with van der Waals surface area (Å²) in [5.74, 6) is -0.502. The number of carbonyl (C=O) groups excluding carboxylic acids is 1. The number of rotatable bonds is 9. The first-order valence-corrected chi connectivity index (χ1v) is 7.09. The van der Waals surface area contributed by atoms with E-state index in [4.69, 9.17) is 5.73 Å². The molecule has 3 N–H and O–H groups in total. The first kappa shape index (κ1) is 17.2. The van der Waals surface area contributed by atoms with Gasteiger partial charge in [-0.1, -0.05) is 13.8 Å². The Labute approximate surface area is 117 Å². The van der Waals surface area contributed by atoms with Crippen molar-refractivity contribution in [1.82, 2.24) is 10.2 Å². The molecule has 1 saturated carbocycles. The highest BCUT2D eigenvalue weighted by Gasteiger charge is 2.50. The zero-order chi connectivity index (χ0) is 15.4. The van der Waals surface area contributed by atoms with Gasteiger partial charge in [-0.2, -0.15) is 13.2 Å². The van der Waals surface area contributed by atoms with Crippen LogP contribution in [0.5, 0.6) is 0 Å². The van der Waals surface area contributed by atoms with Crippen LogP contribution in [0.4, 0.5) is 13.2 Å². The van der Waals surface area contributed by atoms with Crippen molar-refractivity contribution in [2.75, 3.05) is 26.2 Å². The Bertz CT molecular complexity index is 331. The van der Waals surface area contributed by atoms with Gasteiger partial charge in [-0.25, -0.2) is 0 Å². The molecular formula is C13H24F3N3O. The van der Waals surface area contributed by atoms with Gasteiger partial charge < -0.3 is 11.1 Å². The Morgan fingerprint density at radius 3 is 2.25 bits per heavy atom. The molecule has 0 aliphatic heterocycles. The molecule has 0 aromatic carbocycles. The highest BCUT2D eigenvalue weighted by Crippen LogP contribution is 2.40. The third-order valence-corrected chi connectivity index (χ3v) is 3.62. The second kappa shape index (κ2) is 6.76. The number of amides is 1. The van der Waals surface area contributed by atoms with Crippen LogP contribution in [0.25, 0.3) is 0 Å². The van der Waals surface area contributed by atoms with Crippen molar-refractivity contribution in [3.8, 4) is 0 Å². The molecule has 1 atom stereocenters. The van der Waals surface area contributed by atoms with E-state index in [9.17, 15) is 18.0 Å². The first-order chi connectivity index (χ1) is 9.25. The van der Waals surface area contributed by atoms with Crippen LogP contribution in [-0.4, -0.2) is 48.7 Å². The van der Waals surface area contributed by atoms with Gasteiger partial charge in [0, 0.05) is 6.54 Å². The Hall–Kier alpha value is -0.820. The van der Waals surface area contributed by atoms with Crippen LogP contribution in [0.2, 0.25) is 0 Å². The van der Waals surface area contributed by atoms with Crippen LogP contribution in [-0.2, 0) is 4.79 Å². The lowest BCUT2D eigenvalue weighted by atomic mass is 9.91. The van der Waals surface area contributed by atoms with Gasteiger partial charge >= 0.3 is 6.18 Å². The molecule has 1 aliphatic carbocycles. The van der Waals surface area contributed by atoms with Crippen LogP contribution in [0.1, 0.15) is 33.1 Å². The van der Waals surface area contributed by atoms with Gasteiger partial charge in [0.15, 0.2) is 0 Å². The van der Waals surface area contributed by atoms with Crippen LogP contribution < -0.4 is 11.1 Å². The van der Waals surface area contributed by atoms with Gasteiger partial charge in [-0.05, 0) is 38.3 Å². The lowest BCUT2D eigenvalue weighted by Gasteiger charge is -2.37. The number of hydrogen-bond donors (Lipinski definition) is 2. The van der Waals surface area contributed by atoms with Gasteiger partial charge in [0.25, 0.3) is 0 Å². The zero-order valence-electron chi connectivity index (χ0n) is 12.1. The lowest BCUT2D eigenvalue weighted by Crippen LogP contribution is -2.63. The maximum atomic E-state index is 12.6. The van der Waals surface area contributed by atoms with Crippen molar-refractivity contribution in [2.45, 2.75) is 44.8 Å². The first-order valence-electron chi connectivity index (χ1n) is 7.09. The van der Waals surface area contributed by atoms with Gasteiger partial charge in [-0.15, -0.1) is 0 Å². The topological polar surface area (TPSA) is 58.4 Å². The zero-order valence-corrected chi connectivity index (χ0v) is 12.1. The van der Waals surface area contributed by atoms with Gasteiger partial charge in [0.05, 0.1) is 6.54 Å². The maximum absolute atomic E-state index is 12.6. The Morgan fingerprint density at radius 2 is 1.90 bits per heavy atom. The van der Waals surface area contributed by atoms with E-state index in [2.05, 4.69) is 5.32 Å². The predicted molar refractivity (Wildman–Crippen MR) is 71.1 cm³/mol. The average Bonchev–Trinajstić information content (AvgIpc) is 3.09. The van der Waals surface area contributed by atoms with Crippen LogP contribution in [0.15, 0.2) is 0 Å². The summed E-state index contributed by atoms with van der Waals surface area (Å²) in [7, 11) is 0. The summed E-state index contributed by atoms with van der Waals surface area (Å²) in [5.41, 5.74) is 4.46. The van der Waals surface area contributed by atoms with E-state index >= 15 is 0 Å². The molecule has 0 heterocycles. The van der Waals surface area contributed by atoms with Crippen molar-refractivity contribution in [1.29, 1.82) is 0 Å². The Balaban J connectivity index is 2.86. The van der Waals surface area contributed by atoms with E-state index in [0.29, 0.717) is 19.5 Å². The summed E-state index contributed by atoms with van der Waals surface area (Å²) in [5, 5.41) is 3.05. The summed E-state index contributed by atoms with van der Waals surface area (Å²) in [6.45, 7) is 3.47. The van der Waals surface area contributed by atoms with Crippen molar-refractivity contribution in [3.05, 3.63) is 0 Å². The molecule has 118 valence electrons. The SMILES string of the molecule is CCCN(CC(F)(F)F)CC(NCC)(C(N)=O)C1CC1. The summed E-state index contributed by atoms with van der Waals surface area (Å²) >= 11 is 0. The molecule has 1 aliphatic rings. The quantitative estimate of drug-likeness (QED) is 0.678. The molecule has 0 saturated heterocycles. The number of nitrogens with two attached hydrogens (primary N) is 1. The fourth-order valence-electron chi connectivity index (χ4n) is 2.72. The summed E-state index contributed by atoms with van der Waals surface area (Å²) in [6, 6.07) is 0. The van der Waals surface area contributed by atoms with E-state index in [1.54, 1.807) is 0 Å². The molecule has 0 bridgehead atoms. The highest BCUT2D eigenvalue weighted by molar-refractivity contribution is 5.86. The molecular weight excluding hydrogens is 271 g/mol. The van der Waals surface area contributed by atoms with E-state index in [1.165, 1.54) is 4.90 Å². The second-order valence-corrected chi connectivity index (χ2v) is 5.47.